The Bertz CT molecular complexity index is 1120. The molecule has 3 aromatic rings. The first-order chi connectivity index (χ1) is 12.8. The van der Waals surface area contributed by atoms with Crippen LogP contribution in [0.5, 0.6) is 0 Å². The van der Waals surface area contributed by atoms with E-state index < -0.39 is 15.8 Å². The first-order valence-corrected chi connectivity index (χ1v) is 10.4. The summed E-state index contributed by atoms with van der Waals surface area (Å²) in [6.45, 7) is 0.660. The summed E-state index contributed by atoms with van der Waals surface area (Å²) in [5, 5.41) is 4.18. The minimum Gasteiger partial charge on any atom is -0.363 e. The van der Waals surface area contributed by atoms with Gasteiger partial charge in [0.05, 0.1) is 17.5 Å². The maximum Gasteiger partial charge on any atom is 0.211 e. The van der Waals surface area contributed by atoms with Gasteiger partial charge in [0.15, 0.2) is 17.5 Å². The summed E-state index contributed by atoms with van der Waals surface area (Å²) in [6.07, 6.45) is 6.03. The number of sulfonamides is 1. The van der Waals surface area contributed by atoms with Crippen molar-refractivity contribution in [1.82, 2.24) is 24.2 Å². The molecule has 0 spiro atoms. The van der Waals surface area contributed by atoms with Gasteiger partial charge in [0, 0.05) is 42.5 Å². The molecular weight excluding hydrogens is 395 g/mol. The average Bonchev–Trinajstić information content (AvgIpc) is 3.23. The van der Waals surface area contributed by atoms with Crippen molar-refractivity contribution in [1.29, 1.82) is 0 Å². The van der Waals surface area contributed by atoms with Crippen LogP contribution in [0.3, 0.4) is 0 Å². The van der Waals surface area contributed by atoms with E-state index in [4.69, 9.17) is 11.6 Å². The number of anilines is 1. The van der Waals surface area contributed by atoms with Crippen molar-refractivity contribution in [3.63, 3.8) is 0 Å². The maximum atomic E-state index is 14.2. The molecule has 2 N–H and O–H groups in total. The Balaban J connectivity index is 1.63. The van der Waals surface area contributed by atoms with Gasteiger partial charge < -0.3 is 10.3 Å². The molecule has 1 aliphatic heterocycles. The highest BCUT2D eigenvalue weighted by Gasteiger charge is 2.29. The second-order valence-corrected chi connectivity index (χ2v) is 8.81. The summed E-state index contributed by atoms with van der Waals surface area (Å²) in [5.74, 6) is -0.260. The van der Waals surface area contributed by atoms with Gasteiger partial charge in [0.25, 0.3) is 0 Å². The molecule has 0 aliphatic carbocycles. The fraction of sp³-hybridized carbons (Fsp3) is 0.312. The quantitative estimate of drug-likeness (QED) is 0.683. The number of aromatic amines is 1. The Morgan fingerprint density at radius 1 is 1.37 bits per heavy atom. The van der Waals surface area contributed by atoms with Crippen LogP contribution in [0.15, 0.2) is 24.7 Å². The summed E-state index contributed by atoms with van der Waals surface area (Å²) in [6, 6.07) is 1.51. The zero-order chi connectivity index (χ0) is 19.2. The molecule has 0 amide bonds. The molecule has 0 aromatic carbocycles. The number of nitrogens with one attached hydrogen (secondary N) is 2. The topological polar surface area (TPSA) is 104 Å². The van der Waals surface area contributed by atoms with Crippen LogP contribution >= 0.6 is 11.6 Å². The molecule has 142 valence electrons. The molecule has 1 saturated heterocycles. The summed E-state index contributed by atoms with van der Waals surface area (Å²) < 4.78 is 38.8. The number of hydrogen-bond acceptors (Lipinski definition) is 6. The monoisotopic (exact) mass is 410 g/mol. The molecule has 8 nitrogen and oxygen atoms in total. The predicted molar refractivity (Wildman–Crippen MR) is 101 cm³/mol. The van der Waals surface area contributed by atoms with Crippen LogP contribution in [-0.4, -0.2) is 58.0 Å². The normalized spacial score (nSPS) is 18.3. The number of nitrogens with zero attached hydrogens (tertiary/aromatic N) is 4. The maximum absolute atomic E-state index is 14.2. The third-order valence-corrected chi connectivity index (χ3v) is 5.92. The molecule has 0 radical (unpaired) electrons. The van der Waals surface area contributed by atoms with Crippen LogP contribution < -0.4 is 5.32 Å². The zero-order valence-corrected chi connectivity index (χ0v) is 15.9. The van der Waals surface area contributed by atoms with Crippen LogP contribution in [0.2, 0.25) is 5.02 Å². The summed E-state index contributed by atoms with van der Waals surface area (Å²) >= 11 is 6.01. The fourth-order valence-corrected chi connectivity index (χ4v) is 4.15. The first-order valence-electron chi connectivity index (χ1n) is 8.18. The van der Waals surface area contributed by atoms with Gasteiger partial charge in [-0.1, -0.05) is 11.6 Å². The lowest BCUT2D eigenvalue weighted by molar-refractivity contribution is 0.480. The van der Waals surface area contributed by atoms with Crippen LogP contribution in [0.4, 0.5) is 10.2 Å². The van der Waals surface area contributed by atoms with Gasteiger partial charge in [0.1, 0.15) is 5.65 Å². The highest BCUT2D eigenvalue weighted by molar-refractivity contribution is 7.88. The molecule has 1 aliphatic rings. The minimum absolute atomic E-state index is 0.0321. The van der Waals surface area contributed by atoms with Gasteiger partial charge in [-0.3, -0.25) is 0 Å². The first kappa shape index (κ1) is 18.1. The summed E-state index contributed by atoms with van der Waals surface area (Å²) in [4.78, 5) is 15.5. The second-order valence-electron chi connectivity index (χ2n) is 6.39. The van der Waals surface area contributed by atoms with E-state index in [0.717, 1.165) is 17.8 Å². The van der Waals surface area contributed by atoms with Crippen LogP contribution in [0.1, 0.15) is 6.42 Å². The molecule has 4 rings (SSSR count). The van der Waals surface area contributed by atoms with E-state index in [-0.39, 0.29) is 18.4 Å². The van der Waals surface area contributed by atoms with E-state index in [9.17, 15) is 12.8 Å². The van der Waals surface area contributed by atoms with E-state index in [1.54, 1.807) is 12.3 Å². The zero-order valence-electron chi connectivity index (χ0n) is 14.3. The SMILES string of the molecule is CS(=O)(=O)N1CC[C@@H](Nc2nc(-c3c[nH]c4ncc(Cl)cc34)ncc2F)C1. The predicted octanol–water partition coefficient (Wildman–Crippen LogP) is 2.26. The van der Waals surface area contributed by atoms with Crippen molar-refractivity contribution < 1.29 is 12.8 Å². The molecule has 0 bridgehead atoms. The van der Waals surface area contributed by atoms with Crippen LogP contribution in [-0.2, 0) is 10.0 Å². The van der Waals surface area contributed by atoms with Crippen molar-refractivity contribution in [2.24, 2.45) is 0 Å². The van der Waals surface area contributed by atoms with Crippen molar-refractivity contribution in [3.8, 4) is 11.4 Å². The molecule has 0 saturated carbocycles. The van der Waals surface area contributed by atoms with Crippen LogP contribution in [0.25, 0.3) is 22.4 Å². The second kappa shape index (κ2) is 6.70. The Hall–Kier alpha value is -2.30. The number of halogens is 2. The lowest BCUT2D eigenvalue weighted by Gasteiger charge is -2.15. The van der Waals surface area contributed by atoms with Crippen molar-refractivity contribution in [2.75, 3.05) is 24.7 Å². The highest BCUT2D eigenvalue weighted by atomic mass is 35.5. The molecule has 0 unspecified atom stereocenters. The molecule has 27 heavy (non-hydrogen) atoms. The third-order valence-electron chi connectivity index (χ3n) is 4.44. The standard InChI is InChI=1S/C16H16ClFN6O2S/c1-27(25,26)24-3-2-10(8-24)22-16-13(18)7-21-15(23-16)12-6-20-14-11(12)4-9(17)5-19-14/h4-7,10H,2-3,8H2,1H3,(H,19,20)(H,21,22,23)/t10-/m1/s1. The summed E-state index contributed by atoms with van der Waals surface area (Å²) in [7, 11) is -3.27. The Morgan fingerprint density at radius 3 is 2.93 bits per heavy atom. The third kappa shape index (κ3) is 3.60. The molecule has 11 heteroatoms. The molecular formula is C16H16ClFN6O2S. The van der Waals surface area contributed by atoms with E-state index in [1.165, 1.54) is 10.5 Å². The van der Waals surface area contributed by atoms with E-state index >= 15 is 0 Å². The molecule has 4 heterocycles. The van der Waals surface area contributed by atoms with E-state index in [1.807, 2.05) is 0 Å². The smallest absolute Gasteiger partial charge is 0.211 e. The fourth-order valence-electron chi connectivity index (χ4n) is 3.10. The van der Waals surface area contributed by atoms with Gasteiger partial charge in [-0.05, 0) is 12.5 Å². The Labute approximate surface area is 159 Å². The van der Waals surface area contributed by atoms with Crippen molar-refractivity contribution >= 4 is 38.5 Å². The number of pyridine rings is 1. The van der Waals surface area contributed by atoms with Gasteiger partial charge in [-0.15, -0.1) is 0 Å². The molecule has 1 atom stereocenters. The van der Waals surface area contributed by atoms with Crippen molar-refractivity contribution in [2.45, 2.75) is 12.5 Å². The minimum atomic E-state index is -3.27. The lowest BCUT2D eigenvalue weighted by Crippen LogP contribution is -2.31. The number of hydrogen-bond donors (Lipinski definition) is 2. The summed E-state index contributed by atoms with van der Waals surface area (Å²) in [5.41, 5.74) is 1.27. The Kier molecular flexibility index (Phi) is 4.49. The largest absolute Gasteiger partial charge is 0.363 e. The number of H-pyrrole nitrogens is 1. The van der Waals surface area contributed by atoms with E-state index in [0.29, 0.717) is 35.0 Å². The van der Waals surface area contributed by atoms with Crippen LogP contribution in [0, 0.1) is 5.82 Å². The Morgan fingerprint density at radius 2 is 2.19 bits per heavy atom. The van der Waals surface area contributed by atoms with Gasteiger partial charge in [-0.2, -0.15) is 0 Å². The number of aromatic nitrogens is 4. The van der Waals surface area contributed by atoms with Gasteiger partial charge in [-0.25, -0.2) is 32.1 Å². The van der Waals surface area contributed by atoms with Gasteiger partial charge >= 0.3 is 0 Å². The van der Waals surface area contributed by atoms with Gasteiger partial charge in [0.2, 0.25) is 10.0 Å². The lowest BCUT2D eigenvalue weighted by atomic mass is 10.2. The van der Waals surface area contributed by atoms with Crippen molar-refractivity contribution in [3.05, 3.63) is 35.5 Å². The average molecular weight is 411 g/mol. The molecule has 3 aromatic heterocycles. The number of fused-ring (bicyclic) bond motifs is 1. The van der Waals surface area contributed by atoms with E-state index in [2.05, 4.69) is 25.3 Å². The molecule has 1 fully saturated rings. The number of rotatable bonds is 4. The highest BCUT2D eigenvalue weighted by Crippen LogP contribution is 2.28.